The third-order valence-corrected chi connectivity index (χ3v) is 2.20. The van der Waals surface area contributed by atoms with Crippen LogP contribution >= 0.6 is 0 Å². The van der Waals surface area contributed by atoms with Crippen LogP contribution in [0.25, 0.3) is 11.4 Å². The van der Waals surface area contributed by atoms with Crippen LogP contribution in [0.2, 0.25) is 0 Å². The second kappa shape index (κ2) is 3.19. The van der Waals surface area contributed by atoms with Crippen molar-refractivity contribution < 1.29 is 4.52 Å². The van der Waals surface area contributed by atoms with Crippen molar-refractivity contribution in [2.45, 2.75) is 6.92 Å². The van der Waals surface area contributed by atoms with Gasteiger partial charge in [0, 0.05) is 12.7 Å². The largest absolute Gasteiger partial charge is 0.342 e. The predicted molar refractivity (Wildman–Crippen MR) is 50.3 cm³/mol. The van der Waals surface area contributed by atoms with Gasteiger partial charge in [-0.15, -0.1) is 0 Å². The summed E-state index contributed by atoms with van der Waals surface area (Å²) in [5.41, 5.74) is -0.252. The Morgan fingerprint density at radius 3 is 2.80 bits per heavy atom. The molecule has 2 rings (SSSR count). The highest BCUT2D eigenvalue weighted by Crippen LogP contribution is 2.11. The highest BCUT2D eigenvalue weighted by atomic mass is 16.5. The van der Waals surface area contributed by atoms with Gasteiger partial charge in [-0.2, -0.15) is 4.98 Å². The summed E-state index contributed by atoms with van der Waals surface area (Å²) in [5.74, 6) is 0.171. The quantitative estimate of drug-likeness (QED) is 0.677. The number of nitrogens with zero attached hydrogens (tertiary/aromatic N) is 3. The van der Waals surface area contributed by atoms with E-state index < -0.39 is 11.2 Å². The maximum Gasteiger partial charge on any atom is 0.328 e. The lowest BCUT2D eigenvalue weighted by atomic mass is 10.2. The molecule has 0 saturated heterocycles. The number of hydrogen-bond donors (Lipinski definition) is 1. The van der Waals surface area contributed by atoms with E-state index in [1.54, 1.807) is 14.0 Å². The maximum absolute atomic E-state index is 11.5. The van der Waals surface area contributed by atoms with Crippen molar-refractivity contribution in [1.82, 2.24) is 19.7 Å². The van der Waals surface area contributed by atoms with Crippen LogP contribution < -0.4 is 11.2 Å². The number of aromatic nitrogens is 4. The Hall–Kier alpha value is -2.18. The summed E-state index contributed by atoms with van der Waals surface area (Å²) in [5, 5.41) is 3.56. The molecule has 0 aliphatic carbocycles. The van der Waals surface area contributed by atoms with Gasteiger partial charge in [0.1, 0.15) is 5.56 Å². The normalized spacial score (nSPS) is 10.5. The zero-order valence-corrected chi connectivity index (χ0v) is 8.14. The molecule has 15 heavy (non-hydrogen) atoms. The van der Waals surface area contributed by atoms with Gasteiger partial charge in [0.2, 0.25) is 12.2 Å². The van der Waals surface area contributed by atoms with Crippen LogP contribution in [0, 0.1) is 6.92 Å². The van der Waals surface area contributed by atoms with Crippen LogP contribution in [0.3, 0.4) is 0 Å². The Balaban J connectivity index is 2.84. The number of hydrogen-bond acceptors (Lipinski definition) is 5. The van der Waals surface area contributed by atoms with Gasteiger partial charge in [0.25, 0.3) is 5.56 Å². The number of aromatic amines is 1. The molecule has 0 bridgehead atoms. The molecule has 0 aliphatic rings. The van der Waals surface area contributed by atoms with Crippen molar-refractivity contribution >= 4 is 0 Å². The Bertz CT molecular complexity index is 593. The lowest BCUT2D eigenvalue weighted by molar-refractivity contribution is 0.418. The maximum atomic E-state index is 11.5. The monoisotopic (exact) mass is 208 g/mol. The van der Waals surface area contributed by atoms with Gasteiger partial charge in [-0.05, 0) is 6.92 Å². The van der Waals surface area contributed by atoms with Crippen LogP contribution in [-0.4, -0.2) is 19.7 Å². The van der Waals surface area contributed by atoms with E-state index in [1.165, 1.54) is 4.57 Å². The Morgan fingerprint density at radius 2 is 2.20 bits per heavy atom. The molecule has 7 nitrogen and oxygen atoms in total. The summed E-state index contributed by atoms with van der Waals surface area (Å²) < 4.78 is 5.86. The van der Waals surface area contributed by atoms with Gasteiger partial charge in [0.15, 0.2) is 0 Å². The first kappa shape index (κ1) is 9.38. The fraction of sp³-hybridized carbons (Fsp3) is 0.250. The second-order valence-corrected chi connectivity index (χ2v) is 3.03. The summed E-state index contributed by atoms with van der Waals surface area (Å²) >= 11 is 0. The molecule has 2 aromatic heterocycles. The first-order chi connectivity index (χ1) is 7.11. The van der Waals surface area contributed by atoms with Crippen LogP contribution in [0.4, 0.5) is 0 Å². The molecule has 0 amide bonds. The Morgan fingerprint density at radius 1 is 1.47 bits per heavy atom. The second-order valence-electron chi connectivity index (χ2n) is 3.03. The fourth-order valence-electron chi connectivity index (χ4n) is 1.27. The molecule has 0 fully saturated rings. The molecule has 0 atom stereocenters. The molecule has 0 radical (unpaired) electrons. The minimum Gasteiger partial charge on any atom is -0.342 e. The third-order valence-electron chi connectivity index (χ3n) is 2.20. The number of rotatable bonds is 1. The van der Waals surface area contributed by atoms with E-state index in [1.807, 2.05) is 0 Å². The smallest absolute Gasteiger partial charge is 0.328 e. The standard InChI is InChI=1S/C8H8N4O3/c1-4-5(6-9-3-15-11-6)7(13)10-8(14)12(4)2/h3H,1-2H3,(H,10,13,14). The summed E-state index contributed by atoms with van der Waals surface area (Å²) in [6.07, 6.45) is 1.12. The van der Waals surface area contributed by atoms with Gasteiger partial charge in [-0.3, -0.25) is 9.78 Å². The zero-order chi connectivity index (χ0) is 11.0. The number of nitrogens with one attached hydrogen (secondary N) is 1. The van der Waals surface area contributed by atoms with E-state index >= 15 is 0 Å². The Labute approximate surface area is 83.4 Å². The van der Waals surface area contributed by atoms with Crippen LogP contribution in [-0.2, 0) is 7.05 Å². The van der Waals surface area contributed by atoms with Gasteiger partial charge in [-0.1, -0.05) is 5.16 Å². The van der Waals surface area contributed by atoms with Crippen molar-refractivity contribution in [2.75, 3.05) is 0 Å². The van der Waals surface area contributed by atoms with E-state index in [9.17, 15) is 9.59 Å². The highest BCUT2D eigenvalue weighted by Gasteiger charge is 2.14. The molecule has 0 spiro atoms. The first-order valence-electron chi connectivity index (χ1n) is 4.18. The summed E-state index contributed by atoms with van der Waals surface area (Å²) in [7, 11) is 1.55. The lowest BCUT2D eigenvalue weighted by Crippen LogP contribution is -2.31. The first-order valence-corrected chi connectivity index (χ1v) is 4.18. The Kier molecular flexibility index (Phi) is 2.00. The van der Waals surface area contributed by atoms with Crippen molar-refractivity contribution in [3.63, 3.8) is 0 Å². The van der Waals surface area contributed by atoms with Crippen LogP contribution in [0.15, 0.2) is 20.5 Å². The molecule has 2 aromatic rings. The molecule has 0 aromatic carbocycles. The van der Waals surface area contributed by atoms with Gasteiger partial charge in [0.05, 0.1) is 0 Å². The average Bonchev–Trinajstić information content (AvgIpc) is 2.68. The molecular formula is C8H8N4O3. The molecule has 2 heterocycles. The fourth-order valence-corrected chi connectivity index (χ4v) is 1.27. The summed E-state index contributed by atoms with van der Waals surface area (Å²) in [6, 6.07) is 0. The molecule has 7 heteroatoms. The molecule has 0 saturated carbocycles. The van der Waals surface area contributed by atoms with E-state index in [4.69, 9.17) is 0 Å². The van der Waals surface area contributed by atoms with Crippen LogP contribution in [0.5, 0.6) is 0 Å². The van der Waals surface area contributed by atoms with E-state index in [0.29, 0.717) is 5.69 Å². The summed E-state index contributed by atoms with van der Waals surface area (Å²) in [4.78, 5) is 28.7. The van der Waals surface area contributed by atoms with Crippen LogP contribution in [0.1, 0.15) is 5.69 Å². The van der Waals surface area contributed by atoms with Gasteiger partial charge in [-0.25, -0.2) is 4.79 Å². The molecule has 0 aliphatic heterocycles. The average molecular weight is 208 g/mol. The van der Waals surface area contributed by atoms with Crippen molar-refractivity contribution in [2.24, 2.45) is 7.05 Å². The SMILES string of the molecule is Cc1c(-c2ncon2)c(=O)[nH]c(=O)n1C. The molecule has 78 valence electrons. The van der Waals surface area contributed by atoms with Gasteiger partial charge < -0.3 is 9.09 Å². The topological polar surface area (TPSA) is 93.8 Å². The highest BCUT2D eigenvalue weighted by molar-refractivity contribution is 5.55. The van der Waals surface area contributed by atoms with Gasteiger partial charge >= 0.3 is 5.69 Å². The lowest BCUT2D eigenvalue weighted by Gasteiger charge is -2.04. The minimum absolute atomic E-state index is 0.171. The zero-order valence-electron chi connectivity index (χ0n) is 8.14. The van der Waals surface area contributed by atoms with E-state index in [0.717, 1.165) is 6.39 Å². The van der Waals surface area contributed by atoms with E-state index in [2.05, 4.69) is 19.6 Å². The van der Waals surface area contributed by atoms with Crippen molar-refractivity contribution in [3.8, 4) is 11.4 Å². The predicted octanol–water partition coefficient (Wildman–Crippen LogP) is -0.568. The minimum atomic E-state index is -0.517. The number of H-pyrrole nitrogens is 1. The molecule has 1 N–H and O–H groups in total. The molecular weight excluding hydrogens is 200 g/mol. The summed E-state index contributed by atoms with van der Waals surface area (Å²) in [6.45, 7) is 1.64. The van der Waals surface area contributed by atoms with Crippen molar-refractivity contribution in [3.05, 3.63) is 32.9 Å². The van der Waals surface area contributed by atoms with Crippen molar-refractivity contribution in [1.29, 1.82) is 0 Å². The van der Waals surface area contributed by atoms with E-state index in [-0.39, 0.29) is 11.4 Å². The third kappa shape index (κ3) is 1.37. The molecule has 0 unspecified atom stereocenters.